The van der Waals surface area contributed by atoms with Gasteiger partial charge >= 0.3 is 0 Å². The second-order valence-corrected chi connectivity index (χ2v) is 7.64. The van der Waals surface area contributed by atoms with E-state index in [2.05, 4.69) is 25.6 Å². The third kappa shape index (κ3) is 4.33. The van der Waals surface area contributed by atoms with E-state index >= 15 is 0 Å². The predicted molar refractivity (Wildman–Crippen MR) is 115 cm³/mol. The first kappa shape index (κ1) is 19.8. The second kappa shape index (κ2) is 8.85. The summed E-state index contributed by atoms with van der Waals surface area (Å²) < 4.78 is 5.26. The summed E-state index contributed by atoms with van der Waals surface area (Å²) in [5.74, 6) is 0.732. The Morgan fingerprint density at radius 3 is 2.37 bits per heavy atom. The zero-order valence-electron chi connectivity index (χ0n) is 15.6. The van der Waals surface area contributed by atoms with Crippen LogP contribution in [0.1, 0.15) is 36.8 Å². The predicted octanol–water partition coefficient (Wildman–Crippen LogP) is 5.41. The van der Waals surface area contributed by atoms with Crippen LogP contribution < -0.4 is 4.74 Å². The number of rotatable bonds is 6. The number of nitrogens with zero attached hydrogens (tertiary/aromatic N) is 1. The molecule has 0 spiro atoms. The normalized spacial score (nSPS) is 19.8. The van der Waals surface area contributed by atoms with E-state index in [-0.39, 0.29) is 11.8 Å². The highest BCUT2D eigenvalue weighted by Crippen LogP contribution is 2.37. The number of carbonyl (C=O) groups excluding carboxylic acids is 1. The highest BCUT2D eigenvalue weighted by atomic mass is 35.5. The monoisotopic (exact) mass is 401 g/mol. The lowest BCUT2D eigenvalue weighted by atomic mass is 9.88. The van der Waals surface area contributed by atoms with E-state index in [1.165, 1.54) is 0 Å². The molecule has 0 N–H and O–H groups in total. The van der Waals surface area contributed by atoms with E-state index in [0.29, 0.717) is 11.6 Å². The minimum atomic E-state index is -0.412. The van der Waals surface area contributed by atoms with Gasteiger partial charge in [-0.25, -0.2) is 0 Å². The zero-order valence-corrected chi connectivity index (χ0v) is 17.2. The molecular formula is C22H24ClNO2S. The van der Waals surface area contributed by atoms with E-state index in [1.807, 2.05) is 53.4 Å². The molecule has 0 unspecified atom stereocenters. The number of ether oxygens (including phenoxy) is 1. The van der Waals surface area contributed by atoms with Crippen molar-refractivity contribution in [3.8, 4) is 5.75 Å². The lowest BCUT2D eigenvalue weighted by Crippen LogP contribution is -2.42. The van der Waals surface area contributed by atoms with Crippen molar-refractivity contribution in [2.24, 2.45) is 0 Å². The van der Waals surface area contributed by atoms with Gasteiger partial charge in [-0.15, -0.1) is 0 Å². The summed E-state index contributed by atoms with van der Waals surface area (Å²) in [4.78, 5) is 15.0. The van der Waals surface area contributed by atoms with Crippen LogP contribution in [0.2, 0.25) is 5.02 Å². The Bertz CT molecular complexity index is 817. The molecule has 142 valence electrons. The summed E-state index contributed by atoms with van der Waals surface area (Å²) in [7, 11) is 1.65. The first-order chi connectivity index (χ1) is 13.0. The van der Waals surface area contributed by atoms with Crippen LogP contribution in [0.3, 0.4) is 0 Å². The fourth-order valence-corrected chi connectivity index (χ4v) is 3.83. The van der Waals surface area contributed by atoms with Crippen LogP contribution in [-0.4, -0.2) is 29.7 Å². The van der Waals surface area contributed by atoms with Gasteiger partial charge in [0, 0.05) is 23.2 Å². The number of halogens is 1. The molecule has 0 aliphatic carbocycles. The lowest BCUT2D eigenvalue weighted by Gasteiger charge is -2.36. The van der Waals surface area contributed by atoms with Gasteiger partial charge in [-0.1, -0.05) is 43.2 Å². The van der Waals surface area contributed by atoms with Crippen molar-refractivity contribution in [2.45, 2.75) is 30.9 Å². The Morgan fingerprint density at radius 2 is 1.78 bits per heavy atom. The smallest absolute Gasteiger partial charge is 0.240 e. The minimum absolute atomic E-state index is 0.0417. The topological polar surface area (TPSA) is 29.5 Å². The van der Waals surface area contributed by atoms with Gasteiger partial charge in [0.25, 0.3) is 0 Å². The van der Waals surface area contributed by atoms with Crippen molar-refractivity contribution in [3.63, 3.8) is 0 Å². The Morgan fingerprint density at radius 1 is 1.11 bits per heavy atom. The zero-order chi connectivity index (χ0) is 19.4. The largest absolute Gasteiger partial charge is 0.497 e. The van der Waals surface area contributed by atoms with E-state index in [0.717, 1.165) is 35.4 Å². The maximum Gasteiger partial charge on any atom is 0.240 e. The molecule has 1 amide bonds. The summed E-state index contributed by atoms with van der Waals surface area (Å²) in [5, 5.41) is 0.269. The van der Waals surface area contributed by atoms with Gasteiger partial charge in [-0.05, 0) is 53.9 Å². The summed E-state index contributed by atoms with van der Waals surface area (Å²) in [6, 6.07) is 15.5. The van der Waals surface area contributed by atoms with Gasteiger partial charge in [0.2, 0.25) is 5.91 Å². The van der Waals surface area contributed by atoms with Gasteiger partial charge in [0.05, 0.1) is 12.4 Å². The Hall–Kier alpha value is -1.91. The number of amides is 1. The molecule has 2 aromatic rings. The number of methoxy groups -OCH3 is 1. The first-order valence-electron chi connectivity index (χ1n) is 9.16. The Balaban J connectivity index is 2.04. The van der Waals surface area contributed by atoms with Gasteiger partial charge < -0.3 is 9.64 Å². The third-order valence-corrected chi connectivity index (χ3v) is 5.66. The summed E-state index contributed by atoms with van der Waals surface area (Å²) in [6.45, 7) is 2.82. The number of hydrogen-bond donors (Lipinski definition) is 1. The summed E-state index contributed by atoms with van der Waals surface area (Å²) in [5.41, 5.74) is 2.97. The highest BCUT2D eigenvalue weighted by molar-refractivity contribution is 7.81. The molecule has 1 aliphatic rings. The number of benzene rings is 2. The highest BCUT2D eigenvalue weighted by Gasteiger charge is 2.35. The van der Waals surface area contributed by atoms with Gasteiger partial charge in [-0.3, -0.25) is 4.79 Å². The second-order valence-electron chi connectivity index (χ2n) is 6.65. The van der Waals surface area contributed by atoms with E-state index in [1.54, 1.807) is 7.11 Å². The molecule has 0 aromatic heterocycles. The van der Waals surface area contributed by atoms with Gasteiger partial charge in [0.15, 0.2) is 0 Å². The van der Waals surface area contributed by atoms with Crippen LogP contribution in [0.25, 0.3) is 5.70 Å². The van der Waals surface area contributed by atoms with Crippen LogP contribution in [-0.2, 0) is 4.79 Å². The van der Waals surface area contributed by atoms with Gasteiger partial charge in [-0.2, -0.15) is 12.6 Å². The maximum absolute atomic E-state index is 13.1. The number of thiol groups is 1. The molecule has 0 saturated heterocycles. The average Bonchev–Trinajstić information content (AvgIpc) is 2.70. The molecule has 0 saturated carbocycles. The van der Waals surface area contributed by atoms with Crippen molar-refractivity contribution in [2.75, 3.05) is 13.7 Å². The SMILES string of the molecule is CCCCN1C(=O)[C@H](S)[C@@H](c2ccc(Cl)cc2)C=C1c1ccc(OC)cc1. The molecule has 3 nitrogen and oxygen atoms in total. The molecule has 2 aromatic carbocycles. The third-order valence-electron chi connectivity index (χ3n) is 4.86. The number of hydrogen-bond acceptors (Lipinski definition) is 3. The van der Waals surface area contributed by atoms with E-state index < -0.39 is 5.25 Å². The van der Waals surface area contributed by atoms with Crippen molar-refractivity contribution >= 4 is 35.8 Å². The Kier molecular flexibility index (Phi) is 6.51. The summed E-state index contributed by atoms with van der Waals surface area (Å²) in [6.07, 6.45) is 4.13. The minimum Gasteiger partial charge on any atom is -0.497 e. The molecule has 2 atom stereocenters. The number of allylic oxidation sites excluding steroid dienone is 1. The van der Waals surface area contributed by atoms with Crippen LogP contribution in [0.5, 0.6) is 5.75 Å². The van der Waals surface area contributed by atoms with Crippen LogP contribution in [0, 0.1) is 0 Å². The number of unbranched alkanes of at least 4 members (excludes halogenated alkanes) is 1. The molecule has 3 rings (SSSR count). The van der Waals surface area contributed by atoms with Crippen molar-refractivity contribution in [1.82, 2.24) is 4.90 Å². The average molecular weight is 402 g/mol. The van der Waals surface area contributed by atoms with Crippen molar-refractivity contribution in [3.05, 3.63) is 70.8 Å². The summed E-state index contributed by atoms with van der Waals surface area (Å²) >= 11 is 10.7. The maximum atomic E-state index is 13.1. The first-order valence-corrected chi connectivity index (χ1v) is 10.1. The number of carbonyl (C=O) groups is 1. The van der Waals surface area contributed by atoms with E-state index in [9.17, 15) is 4.79 Å². The van der Waals surface area contributed by atoms with Gasteiger partial charge in [0.1, 0.15) is 5.75 Å². The van der Waals surface area contributed by atoms with Crippen LogP contribution in [0.15, 0.2) is 54.6 Å². The Labute approximate surface area is 171 Å². The standard InChI is InChI=1S/C22H24ClNO2S/c1-3-4-13-24-20(16-7-11-18(26-2)12-8-16)14-19(21(27)22(24)25)15-5-9-17(23)10-6-15/h5-12,14,19,21,27H,3-4,13H2,1-2H3/t19-,21-/m1/s1. The van der Waals surface area contributed by atoms with Crippen molar-refractivity contribution in [1.29, 1.82) is 0 Å². The molecule has 0 fully saturated rings. The fraction of sp³-hybridized carbons (Fsp3) is 0.318. The molecule has 1 aliphatic heterocycles. The molecule has 5 heteroatoms. The van der Waals surface area contributed by atoms with Crippen LogP contribution >= 0.6 is 24.2 Å². The fourth-order valence-electron chi connectivity index (χ4n) is 3.31. The molecule has 0 radical (unpaired) electrons. The van der Waals surface area contributed by atoms with Crippen LogP contribution in [0.4, 0.5) is 0 Å². The molecule has 0 bridgehead atoms. The van der Waals surface area contributed by atoms with E-state index in [4.69, 9.17) is 16.3 Å². The van der Waals surface area contributed by atoms with Crippen molar-refractivity contribution < 1.29 is 9.53 Å². The molecular weight excluding hydrogens is 378 g/mol. The quantitative estimate of drug-likeness (QED) is 0.655. The molecule has 27 heavy (non-hydrogen) atoms. The molecule has 1 heterocycles. The lowest BCUT2D eigenvalue weighted by molar-refractivity contribution is -0.128.